The molecule has 1 aliphatic carbocycles. The molecule has 0 saturated heterocycles. The first kappa shape index (κ1) is 13.8. The molecular weight excluding hydrogens is 287 g/mol. The van der Waals surface area contributed by atoms with Crippen molar-refractivity contribution in [1.29, 1.82) is 0 Å². The molecule has 0 unspecified atom stereocenters. The summed E-state index contributed by atoms with van der Waals surface area (Å²) in [6.45, 7) is 3.82. The third kappa shape index (κ3) is 2.82. The summed E-state index contributed by atoms with van der Waals surface area (Å²) in [5, 5.41) is 3.17. The maximum Gasteiger partial charge on any atom is 0.223 e. The SMILES string of the molecule is Cc1ccc(N[P@@](C)(=O)c2nc3c(s2)CCCC3)cc1. The molecule has 0 amide bonds. The normalized spacial score (nSPS) is 17.3. The highest BCUT2D eigenvalue weighted by atomic mass is 32.1. The largest absolute Gasteiger partial charge is 0.331 e. The van der Waals surface area contributed by atoms with Crippen LogP contribution in [0.2, 0.25) is 0 Å². The summed E-state index contributed by atoms with van der Waals surface area (Å²) in [5.41, 5.74) is 3.27. The molecular formula is C15H19N2OPS. The fraction of sp³-hybridized carbons (Fsp3) is 0.400. The average molecular weight is 306 g/mol. The minimum Gasteiger partial charge on any atom is -0.331 e. The Hall–Kier alpha value is -1.12. The van der Waals surface area contributed by atoms with E-state index in [0.29, 0.717) is 0 Å². The van der Waals surface area contributed by atoms with Crippen molar-refractivity contribution in [2.24, 2.45) is 0 Å². The topological polar surface area (TPSA) is 42.0 Å². The molecule has 106 valence electrons. The minimum absolute atomic E-state index is 0.768. The van der Waals surface area contributed by atoms with Gasteiger partial charge in [-0.2, -0.15) is 0 Å². The fourth-order valence-electron chi connectivity index (χ4n) is 2.44. The summed E-state index contributed by atoms with van der Waals surface area (Å²) in [6.07, 6.45) is 4.57. The number of nitrogens with one attached hydrogen (secondary N) is 1. The molecule has 1 heterocycles. The van der Waals surface area contributed by atoms with Gasteiger partial charge in [-0.1, -0.05) is 17.7 Å². The number of nitrogens with zero attached hydrogens (tertiary/aromatic N) is 1. The highest BCUT2D eigenvalue weighted by molar-refractivity contribution is 7.77. The molecule has 2 aromatic rings. The lowest BCUT2D eigenvalue weighted by atomic mass is 10.0. The van der Waals surface area contributed by atoms with E-state index in [1.54, 1.807) is 18.0 Å². The van der Waals surface area contributed by atoms with E-state index in [9.17, 15) is 4.57 Å². The Morgan fingerprint density at radius 2 is 1.90 bits per heavy atom. The van der Waals surface area contributed by atoms with Gasteiger partial charge in [0.15, 0.2) is 4.75 Å². The molecule has 1 aromatic carbocycles. The maximum atomic E-state index is 12.9. The number of rotatable bonds is 3. The van der Waals surface area contributed by atoms with Gasteiger partial charge in [0.1, 0.15) is 0 Å². The quantitative estimate of drug-likeness (QED) is 0.872. The average Bonchev–Trinajstić information content (AvgIpc) is 2.86. The lowest BCUT2D eigenvalue weighted by molar-refractivity contribution is 0.587. The summed E-state index contributed by atoms with van der Waals surface area (Å²) in [5.74, 6) is 0. The lowest BCUT2D eigenvalue weighted by Crippen LogP contribution is -2.10. The van der Waals surface area contributed by atoms with E-state index in [-0.39, 0.29) is 0 Å². The van der Waals surface area contributed by atoms with Gasteiger partial charge in [-0.25, -0.2) is 4.98 Å². The van der Waals surface area contributed by atoms with Crippen LogP contribution in [-0.2, 0) is 17.4 Å². The third-order valence-electron chi connectivity index (χ3n) is 3.59. The van der Waals surface area contributed by atoms with Crippen LogP contribution in [0.1, 0.15) is 29.0 Å². The van der Waals surface area contributed by atoms with Crippen molar-refractivity contribution in [3.63, 3.8) is 0 Å². The van der Waals surface area contributed by atoms with Gasteiger partial charge < -0.3 is 5.09 Å². The second kappa shape index (κ2) is 5.34. The number of benzene rings is 1. The van der Waals surface area contributed by atoms with Gasteiger partial charge in [-0.15, -0.1) is 11.3 Å². The van der Waals surface area contributed by atoms with Crippen molar-refractivity contribution in [2.75, 3.05) is 11.8 Å². The van der Waals surface area contributed by atoms with Gasteiger partial charge in [0.2, 0.25) is 7.29 Å². The summed E-state index contributed by atoms with van der Waals surface area (Å²) in [6, 6.07) is 7.99. The number of fused-ring (bicyclic) bond motifs is 1. The molecule has 0 spiro atoms. The summed E-state index contributed by atoms with van der Waals surface area (Å²) < 4.78 is 13.7. The van der Waals surface area contributed by atoms with E-state index >= 15 is 0 Å². The van der Waals surface area contributed by atoms with Gasteiger partial charge in [0.05, 0.1) is 5.69 Å². The molecule has 1 atom stereocenters. The van der Waals surface area contributed by atoms with Crippen molar-refractivity contribution < 1.29 is 4.57 Å². The Bertz CT molecular complexity index is 640. The van der Waals surface area contributed by atoms with Crippen molar-refractivity contribution in [3.8, 4) is 0 Å². The van der Waals surface area contributed by atoms with E-state index in [2.05, 4.69) is 10.1 Å². The lowest BCUT2D eigenvalue weighted by Gasteiger charge is -2.13. The van der Waals surface area contributed by atoms with E-state index in [0.717, 1.165) is 23.3 Å². The van der Waals surface area contributed by atoms with Crippen LogP contribution in [-0.4, -0.2) is 11.6 Å². The monoisotopic (exact) mass is 306 g/mol. The number of aromatic nitrogens is 1. The van der Waals surface area contributed by atoms with Crippen LogP contribution in [0.3, 0.4) is 0 Å². The van der Waals surface area contributed by atoms with Crippen LogP contribution >= 0.6 is 18.6 Å². The molecule has 0 bridgehead atoms. The second-order valence-electron chi connectivity index (χ2n) is 5.48. The minimum atomic E-state index is -2.63. The predicted molar refractivity (Wildman–Crippen MR) is 86.7 cm³/mol. The standard InChI is InChI=1S/C15H19N2OPS/c1-11-7-9-12(10-8-11)17-19(2,18)15-16-13-5-3-4-6-14(13)20-15/h7-10H,3-6H2,1-2H3,(H,17,18)/t19-/m0/s1. The summed E-state index contributed by atoms with van der Waals surface area (Å²) >= 11 is 1.63. The molecule has 1 N–H and O–H groups in total. The molecule has 3 nitrogen and oxygen atoms in total. The first-order valence-corrected chi connectivity index (χ1v) is 9.93. The molecule has 20 heavy (non-hydrogen) atoms. The molecule has 1 aliphatic rings. The van der Waals surface area contributed by atoms with Crippen LogP contribution in [0, 0.1) is 6.92 Å². The fourth-order valence-corrected chi connectivity index (χ4v) is 5.54. The van der Waals surface area contributed by atoms with Crippen LogP contribution < -0.4 is 9.84 Å². The first-order valence-electron chi connectivity index (χ1n) is 6.96. The molecule has 1 aromatic heterocycles. The zero-order valence-electron chi connectivity index (χ0n) is 11.8. The van der Waals surface area contributed by atoms with E-state index in [4.69, 9.17) is 0 Å². The molecule has 0 fully saturated rings. The van der Waals surface area contributed by atoms with Gasteiger partial charge in [0, 0.05) is 17.2 Å². The summed E-state index contributed by atoms with van der Waals surface area (Å²) in [7, 11) is -2.63. The molecule has 0 aliphatic heterocycles. The molecule has 3 rings (SSSR count). The third-order valence-corrected chi connectivity index (χ3v) is 7.39. The first-order chi connectivity index (χ1) is 9.54. The highest BCUT2D eigenvalue weighted by Crippen LogP contribution is 2.42. The van der Waals surface area contributed by atoms with Crippen molar-refractivity contribution >= 4 is 29.1 Å². The Morgan fingerprint density at radius 3 is 2.60 bits per heavy atom. The second-order valence-corrected chi connectivity index (χ2v) is 9.36. The van der Waals surface area contributed by atoms with Gasteiger partial charge >= 0.3 is 0 Å². The Kier molecular flexibility index (Phi) is 3.70. The molecule has 5 heteroatoms. The van der Waals surface area contributed by atoms with Crippen LogP contribution in [0.5, 0.6) is 0 Å². The van der Waals surface area contributed by atoms with Gasteiger partial charge in [-0.05, 0) is 44.7 Å². The Balaban J connectivity index is 1.85. The molecule has 0 saturated carbocycles. The van der Waals surface area contributed by atoms with Crippen molar-refractivity contribution in [1.82, 2.24) is 4.98 Å². The zero-order valence-corrected chi connectivity index (χ0v) is 13.6. The Labute approximate surface area is 123 Å². The number of thiazole rings is 1. The smallest absolute Gasteiger partial charge is 0.223 e. The van der Waals surface area contributed by atoms with E-state index in [1.165, 1.54) is 29.0 Å². The van der Waals surface area contributed by atoms with Crippen molar-refractivity contribution in [2.45, 2.75) is 32.6 Å². The van der Waals surface area contributed by atoms with Gasteiger partial charge in [0.25, 0.3) is 0 Å². The number of hydrogen-bond donors (Lipinski definition) is 1. The van der Waals surface area contributed by atoms with Crippen LogP contribution in [0.15, 0.2) is 24.3 Å². The van der Waals surface area contributed by atoms with Crippen LogP contribution in [0.25, 0.3) is 0 Å². The van der Waals surface area contributed by atoms with Gasteiger partial charge in [-0.3, -0.25) is 4.57 Å². The Morgan fingerprint density at radius 1 is 1.20 bits per heavy atom. The summed E-state index contributed by atoms with van der Waals surface area (Å²) in [4.78, 5) is 5.96. The van der Waals surface area contributed by atoms with E-state index < -0.39 is 7.29 Å². The number of anilines is 1. The predicted octanol–water partition coefficient (Wildman–Crippen LogP) is 3.98. The maximum absolute atomic E-state index is 12.9. The number of hydrogen-bond acceptors (Lipinski definition) is 3. The highest BCUT2D eigenvalue weighted by Gasteiger charge is 2.26. The zero-order chi connectivity index (χ0) is 14.2. The van der Waals surface area contributed by atoms with Crippen molar-refractivity contribution in [3.05, 3.63) is 40.4 Å². The number of aryl methyl sites for hydroxylation is 3. The van der Waals surface area contributed by atoms with Crippen LogP contribution in [0.4, 0.5) is 5.69 Å². The molecule has 0 radical (unpaired) electrons. The van der Waals surface area contributed by atoms with E-state index in [1.807, 2.05) is 31.2 Å².